The van der Waals surface area contributed by atoms with Gasteiger partial charge in [0.1, 0.15) is 5.75 Å². The van der Waals surface area contributed by atoms with E-state index in [1.807, 2.05) is 24.3 Å². The topological polar surface area (TPSA) is 81.4 Å². The number of fused-ring (bicyclic) bond motifs is 1. The maximum atomic E-state index is 12.8. The van der Waals surface area contributed by atoms with E-state index in [9.17, 15) is 8.42 Å². The molecule has 0 bridgehead atoms. The van der Waals surface area contributed by atoms with E-state index in [1.165, 1.54) is 0 Å². The Labute approximate surface area is 149 Å². The average Bonchev–Trinajstić information content (AvgIpc) is 2.55. The normalized spacial score (nSPS) is 21.2. The fourth-order valence-electron chi connectivity index (χ4n) is 3.18. The molecule has 132 valence electrons. The first-order chi connectivity index (χ1) is 11.0. The Morgan fingerprint density at radius 1 is 1.04 bits per heavy atom. The molecule has 0 saturated heterocycles. The molecule has 0 aromatic heterocycles. The summed E-state index contributed by atoms with van der Waals surface area (Å²) in [5.41, 5.74) is 5.89. The quantitative estimate of drug-likeness (QED) is 0.867. The first kappa shape index (κ1) is 19.0. The van der Waals surface area contributed by atoms with Crippen LogP contribution in [-0.2, 0) is 10.0 Å². The number of sulfonamides is 1. The van der Waals surface area contributed by atoms with Gasteiger partial charge in [0.25, 0.3) is 0 Å². The number of methoxy groups -OCH3 is 1. The lowest BCUT2D eigenvalue weighted by Crippen LogP contribution is -2.40. The molecule has 0 radical (unpaired) electrons. The number of rotatable bonds is 4. The summed E-state index contributed by atoms with van der Waals surface area (Å²) < 4.78 is 33.8. The van der Waals surface area contributed by atoms with Crippen LogP contribution in [0.3, 0.4) is 0 Å². The molecule has 5 nitrogen and oxygen atoms in total. The van der Waals surface area contributed by atoms with Gasteiger partial charge in [-0.05, 0) is 37.8 Å². The molecule has 2 aromatic carbocycles. The van der Waals surface area contributed by atoms with Crippen LogP contribution in [0.2, 0.25) is 0 Å². The molecule has 1 saturated carbocycles. The molecule has 0 atom stereocenters. The summed E-state index contributed by atoms with van der Waals surface area (Å²) in [6.07, 6.45) is 3.29. The van der Waals surface area contributed by atoms with Gasteiger partial charge in [-0.25, -0.2) is 13.1 Å². The van der Waals surface area contributed by atoms with Crippen molar-refractivity contribution in [1.29, 1.82) is 0 Å². The molecule has 3 N–H and O–H groups in total. The minimum absolute atomic E-state index is 0. The van der Waals surface area contributed by atoms with Gasteiger partial charge in [0.15, 0.2) is 0 Å². The zero-order valence-electron chi connectivity index (χ0n) is 13.6. The zero-order valence-corrected chi connectivity index (χ0v) is 15.2. The predicted octanol–water partition coefficient (Wildman–Crippen LogP) is 2.82. The summed E-state index contributed by atoms with van der Waals surface area (Å²) in [6, 6.07) is 10.8. The van der Waals surface area contributed by atoms with Crippen LogP contribution >= 0.6 is 12.4 Å². The van der Waals surface area contributed by atoms with Crippen molar-refractivity contribution < 1.29 is 13.2 Å². The van der Waals surface area contributed by atoms with Crippen molar-refractivity contribution in [3.63, 3.8) is 0 Å². The van der Waals surface area contributed by atoms with Crippen molar-refractivity contribution in [2.75, 3.05) is 7.11 Å². The Morgan fingerprint density at radius 2 is 1.67 bits per heavy atom. The first-order valence-corrected chi connectivity index (χ1v) is 9.33. The molecule has 0 heterocycles. The van der Waals surface area contributed by atoms with E-state index in [1.54, 1.807) is 19.2 Å². The maximum absolute atomic E-state index is 12.8. The molecule has 1 aliphatic carbocycles. The molecule has 1 fully saturated rings. The van der Waals surface area contributed by atoms with Crippen molar-refractivity contribution >= 4 is 33.2 Å². The van der Waals surface area contributed by atoms with E-state index in [4.69, 9.17) is 10.5 Å². The molecule has 1 aliphatic rings. The predicted molar refractivity (Wildman–Crippen MR) is 98.3 cm³/mol. The van der Waals surface area contributed by atoms with Gasteiger partial charge in [-0.3, -0.25) is 0 Å². The van der Waals surface area contributed by atoms with Crippen LogP contribution in [0, 0.1) is 0 Å². The van der Waals surface area contributed by atoms with Crippen molar-refractivity contribution in [3.05, 3.63) is 36.4 Å². The fraction of sp³-hybridized carbons (Fsp3) is 0.412. The third-order valence-corrected chi connectivity index (χ3v) is 6.03. The van der Waals surface area contributed by atoms with Crippen molar-refractivity contribution in [1.82, 2.24) is 4.72 Å². The van der Waals surface area contributed by atoms with Crippen LogP contribution < -0.4 is 15.2 Å². The van der Waals surface area contributed by atoms with Crippen LogP contribution in [-0.4, -0.2) is 27.6 Å². The number of halogens is 1. The van der Waals surface area contributed by atoms with Crippen LogP contribution in [0.4, 0.5) is 0 Å². The minimum Gasteiger partial charge on any atom is -0.496 e. The van der Waals surface area contributed by atoms with Crippen LogP contribution in [0.1, 0.15) is 25.7 Å². The molecular formula is C17H23ClN2O3S. The van der Waals surface area contributed by atoms with E-state index in [-0.39, 0.29) is 24.5 Å². The van der Waals surface area contributed by atoms with Gasteiger partial charge in [0.2, 0.25) is 10.0 Å². The third-order valence-electron chi connectivity index (χ3n) is 4.45. The Balaban J connectivity index is 0.00000208. The Morgan fingerprint density at radius 3 is 2.29 bits per heavy atom. The van der Waals surface area contributed by atoms with Gasteiger partial charge in [0, 0.05) is 22.9 Å². The number of nitrogens with two attached hydrogens (primary N) is 1. The number of ether oxygens (including phenoxy) is 1. The number of hydrogen-bond acceptors (Lipinski definition) is 4. The average molecular weight is 371 g/mol. The standard InChI is InChI=1S/C17H22N2O3S.ClH/c1-22-16-10-11-17(15-5-3-2-4-14(15)16)23(20,21)19-13-8-6-12(18)7-9-13;/h2-5,10-13,19H,6-9,18H2,1H3;1H. The second-order valence-corrected chi connectivity index (χ2v) is 7.73. The van der Waals surface area contributed by atoms with Gasteiger partial charge in [0.05, 0.1) is 12.0 Å². The van der Waals surface area contributed by atoms with Gasteiger partial charge < -0.3 is 10.5 Å². The maximum Gasteiger partial charge on any atom is 0.241 e. The van der Waals surface area contributed by atoms with Crippen LogP contribution in [0.25, 0.3) is 10.8 Å². The molecule has 7 heteroatoms. The Kier molecular flexibility index (Phi) is 6.09. The highest BCUT2D eigenvalue weighted by molar-refractivity contribution is 7.89. The summed E-state index contributed by atoms with van der Waals surface area (Å²) in [6.45, 7) is 0. The first-order valence-electron chi connectivity index (χ1n) is 7.85. The fourth-order valence-corrected chi connectivity index (χ4v) is 4.69. The summed E-state index contributed by atoms with van der Waals surface area (Å²) in [5, 5.41) is 1.47. The van der Waals surface area contributed by atoms with E-state index >= 15 is 0 Å². The molecule has 0 aliphatic heterocycles. The lowest BCUT2D eigenvalue weighted by Gasteiger charge is -2.26. The number of nitrogens with one attached hydrogen (secondary N) is 1. The van der Waals surface area contributed by atoms with E-state index in [0.29, 0.717) is 16.0 Å². The zero-order chi connectivity index (χ0) is 16.4. The second kappa shape index (κ2) is 7.70. The van der Waals surface area contributed by atoms with Crippen LogP contribution in [0.15, 0.2) is 41.3 Å². The van der Waals surface area contributed by atoms with Crippen molar-refractivity contribution in [2.45, 2.75) is 42.7 Å². The van der Waals surface area contributed by atoms with Crippen molar-refractivity contribution in [2.24, 2.45) is 5.73 Å². The third kappa shape index (κ3) is 3.83. The largest absolute Gasteiger partial charge is 0.496 e. The summed E-state index contributed by atoms with van der Waals surface area (Å²) in [7, 11) is -1.99. The van der Waals surface area contributed by atoms with Gasteiger partial charge in [-0.15, -0.1) is 12.4 Å². The lowest BCUT2D eigenvalue weighted by molar-refractivity contribution is 0.373. The van der Waals surface area contributed by atoms with Gasteiger partial charge in [-0.2, -0.15) is 0 Å². The second-order valence-electron chi connectivity index (χ2n) is 6.04. The van der Waals surface area contributed by atoms with Crippen LogP contribution in [0.5, 0.6) is 5.75 Å². The molecule has 0 amide bonds. The number of hydrogen-bond donors (Lipinski definition) is 2. The number of benzene rings is 2. The molecular weight excluding hydrogens is 348 g/mol. The minimum atomic E-state index is -3.58. The molecule has 24 heavy (non-hydrogen) atoms. The Hall–Kier alpha value is -1.34. The highest BCUT2D eigenvalue weighted by atomic mass is 35.5. The smallest absolute Gasteiger partial charge is 0.241 e. The molecule has 0 spiro atoms. The van der Waals surface area contributed by atoms with E-state index < -0.39 is 10.0 Å². The van der Waals surface area contributed by atoms with Gasteiger partial charge >= 0.3 is 0 Å². The summed E-state index contributed by atoms with van der Waals surface area (Å²) >= 11 is 0. The Bertz CT molecular complexity index is 803. The molecule has 0 unspecified atom stereocenters. The molecule has 2 aromatic rings. The van der Waals surface area contributed by atoms with Crippen molar-refractivity contribution in [3.8, 4) is 5.75 Å². The van der Waals surface area contributed by atoms with E-state index in [0.717, 1.165) is 31.1 Å². The summed E-state index contributed by atoms with van der Waals surface area (Å²) in [5.74, 6) is 0.670. The van der Waals surface area contributed by atoms with Gasteiger partial charge in [-0.1, -0.05) is 24.3 Å². The SMILES string of the molecule is COc1ccc(S(=O)(=O)NC2CCC(N)CC2)c2ccccc12.Cl. The highest BCUT2D eigenvalue weighted by Crippen LogP contribution is 2.31. The highest BCUT2D eigenvalue weighted by Gasteiger charge is 2.25. The van der Waals surface area contributed by atoms with E-state index in [2.05, 4.69) is 4.72 Å². The summed E-state index contributed by atoms with van der Waals surface area (Å²) in [4.78, 5) is 0.295. The molecule has 3 rings (SSSR count). The lowest BCUT2D eigenvalue weighted by atomic mass is 9.93. The monoisotopic (exact) mass is 370 g/mol.